The van der Waals surface area contributed by atoms with Gasteiger partial charge < -0.3 is 5.11 Å². The smallest absolute Gasteiger partial charge is 0.0763 e. The third kappa shape index (κ3) is 0.796. The van der Waals surface area contributed by atoms with Crippen LogP contribution in [0.5, 0.6) is 0 Å². The van der Waals surface area contributed by atoms with Crippen molar-refractivity contribution in [2.24, 2.45) is 0 Å². The molecule has 0 amide bonds. The lowest BCUT2D eigenvalue weighted by Crippen LogP contribution is -1.98. The average molecular weight is 102 g/mol. The molecule has 1 N–H and O–H groups in total. The lowest BCUT2D eigenvalue weighted by atomic mass is 10.4. The summed E-state index contributed by atoms with van der Waals surface area (Å²) in [5, 5.41) is 8.65. The molecule has 2 heteroatoms. The van der Waals surface area contributed by atoms with E-state index in [1.807, 2.05) is 11.9 Å². The molecule has 0 fully saturated rings. The molecule has 0 saturated carbocycles. The van der Waals surface area contributed by atoms with Crippen molar-refractivity contribution in [3.63, 3.8) is 0 Å². The standard InChI is InChI=1S/C4H7OP/c5-4-1-2-6-3-4/h1-2,4-6H,3H2. The molecule has 1 heterocycles. The van der Waals surface area contributed by atoms with E-state index in [2.05, 4.69) is 0 Å². The molecule has 1 nitrogen and oxygen atoms in total. The minimum absolute atomic E-state index is 0.122. The molecule has 0 radical (unpaired) electrons. The molecular formula is C4H7OP. The van der Waals surface area contributed by atoms with Gasteiger partial charge in [-0.1, -0.05) is 20.5 Å². The molecule has 34 valence electrons. The summed E-state index contributed by atoms with van der Waals surface area (Å²) in [5.74, 6) is 2.03. The van der Waals surface area contributed by atoms with Gasteiger partial charge in [-0.15, -0.1) is 0 Å². The van der Waals surface area contributed by atoms with Crippen LogP contribution >= 0.6 is 8.58 Å². The highest BCUT2D eigenvalue weighted by atomic mass is 31.1. The van der Waals surface area contributed by atoms with E-state index in [1.165, 1.54) is 0 Å². The van der Waals surface area contributed by atoms with Gasteiger partial charge in [0.15, 0.2) is 0 Å². The molecular weight excluding hydrogens is 95.0 g/mol. The minimum Gasteiger partial charge on any atom is -0.389 e. The number of rotatable bonds is 0. The SMILES string of the molecule is OC1C=CPC1. The van der Waals surface area contributed by atoms with Crippen molar-refractivity contribution < 1.29 is 5.11 Å². The first-order valence-electron chi connectivity index (χ1n) is 1.98. The average Bonchev–Trinajstić information content (AvgIpc) is 1.86. The van der Waals surface area contributed by atoms with Crippen LogP contribution in [-0.4, -0.2) is 17.4 Å². The van der Waals surface area contributed by atoms with Gasteiger partial charge in [-0.05, 0) is 6.16 Å². The highest BCUT2D eigenvalue weighted by Gasteiger charge is 2.00. The van der Waals surface area contributed by atoms with Gasteiger partial charge in [0.05, 0.1) is 6.10 Å². The quantitative estimate of drug-likeness (QED) is 0.443. The van der Waals surface area contributed by atoms with Crippen LogP contribution in [0.1, 0.15) is 0 Å². The molecule has 1 rings (SSSR count). The predicted octanol–water partition coefficient (Wildman–Crippen LogP) is 0.553. The molecule has 0 aromatic carbocycles. The van der Waals surface area contributed by atoms with Crippen LogP contribution in [0.3, 0.4) is 0 Å². The van der Waals surface area contributed by atoms with Crippen LogP contribution < -0.4 is 0 Å². The predicted molar refractivity (Wildman–Crippen MR) is 28.3 cm³/mol. The first-order valence-corrected chi connectivity index (χ1v) is 3.26. The second-order valence-electron chi connectivity index (χ2n) is 1.33. The van der Waals surface area contributed by atoms with Crippen molar-refractivity contribution in [3.8, 4) is 0 Å². The Bertz CT molecular complexity index is 69.9. The molecule has 2 atom stereocenters. The Morgan fingerprint density at radius 2 is 2.67 bits per heavy atom. The van der Waals surface area contributed by atoms with Crippen molar-refractivity contribution in [3.05, 3.63) is 11.9 Å². The molecule has 1 aliphatic heterocycles. The van der Waals surface area contributed by atoms with Gasteiger partial charge in [0.1, 0.15) is 0 Å². The summed E-state index contributed by atoms with van der Waals surface area (Å²) in [5.41, 5.74) is 0. The minimum atomic E-state index is -0.122. The Labute approximate surface area is 38.8 Å². The van der Waals surface area contributed by atoms with E-state index < -0.39 is 0 Å². The van der Waals surface area contributed by atoms with E-state index in [1.54, 1.807) is 0 Å². The van der Waals surface area contributed by atoms with Crippen LogP contribution in [0.4, 0.5) is 0 Å². The number of aliphatic hydroxyl groups excluding tert-OH is 1. The Morgan fingerprint density at radius 3 is 2.83 bits per heavy atom. The van der Waals surface area contributed by atoms with Crippen LogP contribution in [0.15, 0.2) is 11.9 Å². The molecule has 2 unspecified atom stereocenters. The first kappa shape index (κ1) is 4.29. The van der Waals surface area contributed by atoms with Crippen molar-refractivity contribution in [1.82, 2.24) is 0 Å². The number of hydrogen-bond acceptors (Lipinski definition) is 1. The van der Waals surface area contributed by atoms with Crippen LogP contribution in [0.2, 0.25) is 0 Å². The van der Waals surface area contributed by atoms with Crippen molar-refractivity contribution in [2.45, 2.75) is 6.10 Å². The fourth-order valence-corrected chi connectivity index (χ4v) is 1.31. The number of hydrogen-bond donors (Lipinski definition) is 1. The largest absolute Gasteiger partial charge is 0.389 e. The molecule has 0 aromatic heterocycles. The normalized spacial score (nSPS) is 35.8. The summed E-state index contributed by atoms with van der Waals surface area (Å²) in [6, 6.07) is 0. The third-order valence-electron chi connectivity index (χ3n) is 0.763. The van der Waals surface area contributed by atoms with Crippen LogP contribution in [-0.2, 0) is 0 Å². The molecule has 0 spiro atoms. The Hall–Kier alpha value is 0.130. The Kier molecular flexibility index (Phi) is 1.23. The van der Waals surface area contributed by atoms with Gasteiger partial charge in [-0.3, -0.25) is 0 Å². The van der Waals surface area contributed by atoms with E-state index >= 15 is 0 Å². The zero-order valence-corrected chi connectivity index (χ0v) is 4.39. The maximum atomic E-state index is 8.65. The lowest BCUT2D eigenvalue weighted by Gasteiger charge is -1.89. The fraction of sp³-hybridized carbons (Fsp3) is 0.500. The summed E-state index contributed by atoms with van der Waals surface area (Å²) < 4.78 is 0. The molecule has 6 heavy (non-hydrogen) atoms. The highest BCUT2D eigenvalue weighted by Crippen LogP contribution is 2.20. The lowest BCUT2D eigenvalue weighted by molar-refractivity contribution is 0.250. The molecule has 0 aromatic rings. The first-order chi connectivity index (χ1) is 2.89. The van der Waals surface area contributed by atoms with E-state index in [4.69, 9.17) is 5.11 Å². The monoisotopic (exact) mass is 102 g/mol. The number of aliphatic hydroxyl groups is 1. The zero-order chi connectivity index (χ0) is 4.41. The molecule has 0 bridgehead atoms. The van der Waals surface area contributed by atoms with Crippen LogP contribution in [0, 0.1) is 0 Å². The van der Waals surface area contributed by atoms with Gasteiger partial charge in [-0.2, -0.15) is 0 Å². The second-order valence-corrected chi connectivity index (χ2v) is 2.48. The highest BCUT2D eigenvalue weighted by molar-refractivity contribution is 7.42. The van der Waals surface area contributed by atoms with Crippen LogP contribution in [0.25, 0.3) is 0 Å². The Balaban J connectivity index is 2.38. The summed E-state index contributed by atoms with van der Waals surface area (Å²) in [6.07, 6.45) is 2.68. The van der Waals surface area contributed by atoms with Crippen molar-refractivity contribution >= 4 is 8.58 Å². The second kappa shape index (κ2) is 1.72. The van der Waals surface area contributed by atoms with Gasteiger partial charge in [0.25, 0.3) is 0 Å². The van der Waals surface area contributed by atoms with E-state index in [9.17, 15) is 0 Å². The molecule has 0 aliphatic carbocycles. The maximum absolute atomic E-state index is 8.65. The van der Waals surface area contributed by atoms with Crippen molar-refractivity contribution in [2.75, 3.05) is 6.16 Å². The van der Waals surface area contributed by atoms with Crippen molar-refractivity contribution in [1.29, 1.82) is 0 Å². The van der Waals surface area contributed by atoms with E-state index in [0.29, 0.717) is 0 Å². The maximum Gasteiger partial charge on any atom is 0.0763 e. The van der Waals surface area contributed by atoms with Gasteiger partial charge in [-0.25, -0.2) is 0 Å². The molecule has 1 aliphatic rings. The Morgan fingerprint density at radius 1 is 1.83 bits per heavy atom. The summed E-state index contributed by atoms with van der Waals surface area (Å²) >= 11 is 0. The fourth-order valence-electron chi connectivity index (χ4n) is 0.436. The zero-order valence-electron chi connectivity index (χ0n) is 3.39. The molecule has 0 saturated heterocycles. The summed E-state index contributed by atoms with van der Waals surface area (Å²) in [6.45, 7) is 0. The summed E-state index contributed by atoms with van der Waals surface area (Å²) in [7, 11) is 0.858. The topological polar surface area (TPSA) is 20.2 Å². The van der Waals surface area contributed by atoms with Gasteiger partial charge in [0.2, 0.25) is 0 Å². The third-order valence-corrected chi connectivity index (χ3v) is 1.85. The van der Waals surface area contributed by atoms with Gasteiger partial charge >= 0.3 is 0 Å². The van der Waals surface area contributed by atoms with Gasteiger partial charge in [0, 0.05) is 0 Å². The van der Waals surface area contributed by atoms with E-state index in [-0.39, 0.29) is 6.10 Å². The van der Waals surface area contributed by atoms with E-state index in [0.717, 1.165) is 14.7 Å². The summed E-state index contributed by atoms with van der Waals surface area (Å²) in [4.78, 5) is 0.